The van der Waals surface area contributed by atoms with Gasteiger partial charge in [0.05, 0.1) is 12.5 Å². The van der Waals surface area contributed by atoms with Gasteiger partial charge in [-0.25, -0.2) is 0 Å². The van der Waals surface area contributed by atoms with Crippen molar-refractivity contribution in [2.45, 2.75) is 43.9 Å². The molecule has 2 rings (SSSR count). The maximum absolute atomic E-state index is 12.7. The van der Waals surface area contributed by atoms with Crippen LogP contribution < -0.4 is 5.32 Å². The second kappa shape index (κ2) is 7.77. The Labute approximate surface area is 139 Å². The van der Waals surface area contributed by atoms with Crippen LogP contribution in [0.15, 0.2) is 28.7 Å². The van der Waals surface area contributed by atoms with Crippen molar-refractivity contribution < 1.29 is 14.3 Å². The van der Waals surface area contributed by atoms with Crippen molar-refractivity contribution in [1.82, 2.24) is 5.32 Å². The zero-order valence-corrected chi connectivity index (χ0v) is 14.4. The zero-order chi connectivity index (χ0) is 16.0. The van der Waals surface area contributed by atoms with Crippen LogP contribution in [-0.4, -0.2) is 25.5 Å². The Morgan fingerprint density at radius 2 is 1.86 bits per heavy atom. The molecule has 1 saturated carbocycles. The van der Waals surface area contributed by atoms with Gasteiger partial charge in [-0.05, 0) is 37.0 Å². The molecule has 1 amide bonds. The lowest BCUT2D eigenvalue weighted by molar-refractivity contribution is -0.140. The smallest absolute Gasteiger partial charge is 0.305 e. The highest BCUT2D eigenvalue weighted by Gasteiger charge is 2.42. The molecule has 5 heteroatoms. The molecular formula is C17H22BrNO3. The largest absolute Gasteiger partial charge is 0.469 e. The van der Waals surface area contributed by atoms with Crippen LogP contribution in [0.2, 0.25) is 0 Å². The van der Waals surface area contributed by atoms with Crippen molar-refractivity contribution in [2.75, 3.05) is 13.7 Å². The van der Waals surface area contributed by atoms with E-state index in [2.05, 4.69) is 26.0 Å². The Kier molecular flexibility index (Phi) is 6.00. The molecule has 0 spiro atoms. The monoisotopic (exact) mass is 367 g/mol. The lowest BCUT2D eigenvalue weighted by atomic mass is 9.78. The summed E-state index contributed by atoms with van der Waals surface area (Å²) in [5, 5.41) is 3.00. The van der Waals surface area contributed by atoms with Gasteiger partial charge in [-0.1, -0.05) is 40.9 Å². The molecule has 1 aliphatic carbocycles. The van der Waals surface area contributed by atoms with Gasteiger partial charge >= 0.3 is 5.97 Å². The molecule has 0 bridgehead atoms. The molecule has 120 valence electrons. The van der Waals surface area contributed by atoms with E-state index in [1.165, 1.54) is 7.11 Å². The number of rotatable bonds is 6. The van der Waals surface area contributed by atoms with E-state index >= 15 is 0 Å². The molecule has 1 aromatic rings. The van der Waals surface area contributed by atoms with E-state index in [1.54, 1.807) is 0 Å². The molecule has 0 aromatic heterocycles. The Balaban J connectivity index is 2.00. The van der Waals surface area contributed by atoms with Crippen molar-refractivity contribution in [2.24, 2.45) is 0 Å². The standard InChI is InChI=1S/C17H22BrNO3/c1-22-15(20)5-4-12-19-16(21)17(10-2-3-11-17)13-6-8-14(18)9-7-13/h6-9H,2-5,10-12H2,1H3,(H,19,21). The molecular weight excluding hydrogens is 346 g/mol. The lowest BCUT2D eigenvalue weighted by Crippen LogP contribution is -2.43. The lowest BCUT2D eigenvalue weighted by Gasteiger charge is -2.28. The molecule has 1 N–H and O–H groups in total. The summed E-state index contributed by atoms with van der Waals surface area (Å²) >= 11 is 3.44. The third kappa shape index (κ3) is 3.88. The third-order valence-corrected chi connectivity index (χ3v) is 4.89. The highest BCUT2D eigenvalue weighted by Crippen LogP contribution is 2.41. The van der Waals surface area contributed by atoms with Crippen LogP contribution in [0.4, 0.5) is 0 Å². The van der Waals surface area contributed by atoms with E-state index in [0.717, 1.165) is 35.7 Å². The van der Waals surface area contributed by atoms with Crippen LogP contribution >= 0.6 is 15.9 Å². The van der Waals surface area contributed by atoms with Crippen LogP contribution in [0.3, 0.4) is 0 Å². The average molecular weight is 368 g/mol. The van der Waals surface area contributed by atoms with Crippen LogP contribution in [0.5, 0.6) is 0 Å². The number of hydrogen-bond donors (Lipinski definition) is 1. The van der Waals surface area contributed by atoms with E-state index in [9.17, 15) is 9.59 Å². The normalized spacial score (nSPS) is 16.3. The van der Waals surface area contributed by atoms with Crippen molar-refractivity contribution in [3.05, 3.63) is 34.3 Å². The van der Waals surface area contributed by atoms with Gasteiger partial charge in [0.2, 0.25) is 5.91 Å². The van der Waals surface area contributed by atoms with Gasteiger partial charge in [0.15, 0.2) is 0 Å². The summed E-state index contributed by atoms with van der Waals surface area (Å²) in [4.78, 5) is 23.8. The van der Waals surface area contributed by atoms with E-state index < -0.39 is 5.41 Å². The van der Waals surface area contributed by atoms with Crippen molar-refractivity contribution in [3.8, 4) is 0 Å². The molecule has 4 nitrogen and oxygen atoms in total. The molecule has 1 aliphatic rings. The number of carbonyl (C=O) groups is 2. The first-order valence-corrected chi connectivity index (χ1v) is 8.49. The minimum atomic E-state index is -0.411. The number of hydrogen-bond acceptors (Lipinski definition) is 3. The highest BCUT2D eigenvalue weighted by molar-refractivity contribution is 9.10. The predicted octanol–water partition coefficient (Wildman–Crippen LogP) is 3.33. The van der Waals surface area contributed by atoms with E-state index in [1.807, 2.05) is 24.3 Å². The fraction of sp³-hybridized carbons (Fsp3) is 0.529. The van der Waals surface area contributed by atoms with Gasteiger partial charge in [0, 0.05) is 17.4 Å². The number of halogens is 1. The summed E-state index contributed by atoms with van der Waals surface area (Å²) in [5.41, 5.74) is 0.671. The van der Waals surface area contributed by atoms with Crippen molar-refractivity contribution >= 4 is 27.8 Å². The molecule has 0 saturated heterocycles. The van der Waals surface area contributed by atoms with Crippen LogP contribution in [0.25, 0.3) is 0 Å². The quantitative estimate of drug-likeness (QED) is 0.619. The summed E-state index contributed by atoms with van der Waals surface area (Å²) in [5.74, 6) is -0.157. The summed E-state index contributed by atoms with van der Waals surface area (Å²) in [6.45, 7) is 0.506. The molecule has 1 fully saturated rings. The minimum Gasteiger partial charge on any atom is -0.469 e. The maximum Gasteiger partial charge on any atom is 0.305 e. The van der Waals surface area contributed by atoms with Crippen molar-refractivity contribution in [1.29, 1.82) is 0 Å². The Bertz CT molecular complexity index is 521. The molecule has 0 heterocycles. The molecule has 0 radical (unpaired) electrons. The minimum absolute atomic E-state index is 0.0807. The average Bonchev–Trinajstić information content (AvgIpc) is 3.02. The Morgan fingerprint density at radius 3 is 2.45 bits per heavy atom. The summed E-state index contributed by atoms with van der Waals surface area (Å²) in [7, 11) is 1.38. The molecule has 0 aliphatic heterocycles. The van der Waals surface area contributed by atoms with Crippen LogP contribution in [0, 0.1) is 0 Å². The van der Waals surface area contributed by atoms with E-state index in [0.29, 0.717) is 19.4 Å². The molecule has 1 aromatic carbocycles. The molecule has 0 atom stereocenters. The molecule has 22 heavy (non-hydrogen) atoms. The summed E-state index contributed by atoms with van der Waals surface area (Å²) in [6, 6.07) is 8.03. The number of amides is 1. The number of ether oxygens (including phenoxy) is 1. The second-order valence-electron chi connectivity index (χ2n) is 5.73. The first-order valence-electron chi connectivity index (χ1n) is 7.70. The second-order valence-corrected chi connectivity index (χ2v) is 6.65. The van der Waals surface area contributed by atoms with Crippen LogP contribution in [0.1, 0.15) is 44.1 Å². The van der Waals surface area contributed by atoms with Gasteiger partial charge in [-0.3, -0.25) is 9.59 Å². The van der Waals surface area contributed by atoms with Gasteiger partial charge in [-0.2, -0.15) is 0 Å². The van der Waals surface area contributed by atoms with Gasteiger partial charge < -0.3 is 10.1 Å². The van der Waals surface area contributed by atoms with Crippen LogP contribution in [-0.2, 0) is 19.7 Å². The van der Waals surface area contributed by atoms with Gasteiger partial charge in [0.25, 0.3) is 0 Å². The number of nitrogens with one attached hydrogen (secondary N) is 1. The number of esters is 1. The topological polar surface area (TPSA) is 55.4 Å². The highest BCUT2D eigenvalue weighted by atomic mass is 79.9. The maximum atomic E-state index is 12.7. The predicted molar refractivity (Wildman–Crippen MR) is 88.5 cm³/mol. The van der Waals surface area contributed by atoms with Crippen molar-refractivity contribution in [3.63, 3.8) is 0 Å². The SMILES string of the molecule is COC(=O)CCCNC(=O)C1(c2ccc(Br)cc2)CCCC1. The number of carbonyl (C=O) groups excluding carboxylic acids is 2. The number of benzene rings is 1. The Morgan fingerprint density at radius 1 is 1.23 bits per heavy atom. The van der Waals surface area contributed by atoms with E-state index in [4.69, 9.17) is 0 Å². The fourth-order valence-electron chi connectivity index (χ4n) is 3.10. The first kappa shape index (κ1) is 17.0. The fourth-order valence-corrected chi connectivity index (χ4v) is 3.36. The third-order valence-electron chi connectivity index (χ3n) is 4.36. The Hall–Kier alpha value is -1.36. The summed E-state index contributed by atoms with van der Waals surface area (Å²) in [6.07, 6.45) is 4.86. The van der Waals surface area contributed by atoms with E-state index in [-0.39, 0.29) is 11.9 Å². The first-order chi connectivity index (χ1) is 10.6. The number of methoxy groups -OCH3 is 1. The zero-order valence-electron chi connectivity index (χ0n) is 12.9. The van der Waals surface area contributed by atoms with Gasteiger partial charge in [-0.15, -0.1) is 0 Å². The summed E-state index contributed by atoms with van der Waals surface area (Å²) < 4.78 is 5.62. The van der Waals surface area contributed by atoms with Gasteiger partial charge in [0.1, 0.15) is 0 Å². The molecule has 0 unspecified atom stereocenters.